The number of hydrogen-bond acceptors (Lipinski definition) is 3. The molecule has 0 amide bonds. The summed E-state index contributed by atoms with van der Waals surface area (Å²) in [7, 11) is 0. The SMILES string of the molecule is NC(c1cccc(F)c1F)C1CCOC2(CCOC2)C1. The van der Waals surface area contributed by atoms with Crippen LogP contribution in [0.3, 0.4) is 0 Å². The Labute approximate surface area is 117 Å². The van der Waals surface area contributed by atoms with Crippen molar-refractivity contribution in [3.05, 3.63) is 35.4 Å². The van der Waals surface area contributed by atoms with Gasteiger partial charge in [-0.25, -0.2) is 8.78 Å². The van der Waals surface area contributed by atoms with Crippen molar-refractivity contribution in [3.63, 3.8) is 0 Å². The van der Waals surface area contributed by atoms with Gasteiger partial charge in [0.1, 0.15) is 0 Å². The van der Waals surface area contributed by atoms with Crippen molar-refractivity contribution in [1.29, 1.82) is 0 Å². The number of nitrogens with two attached hydrogens (primary N) is 1. The third kappa shape index (κ3) is 2.45. The highest BCUT2D eigenvalue weighted by Crippen LogP contribution is 2.40. The Bertz CT molecular complexity index is 489. The highest BCUT2D eigenvalue weighted by atomic mass is 19.2. The largest absolute Gasteiger partial charge is 0.378 e. The van der Waals surface area contributed by atoms with Crippen LogP contribution in [-0.2, 0) is 9.47 Å². The smallest absolute Gasteiger partial charge is 0.163 e. The Morgan fingerprint density at radius 1 is 1.30 bits per heavy atom. The van der Waals surface area contributed by atoms with E-state index in [1.54, 1.807) is 6.07 Å². The van der Waals surface area contributed by atoms with E-state index in [-0.39, 0.29) is 17.1 Å². The Morgan fingerprint density at radius 2 is 2.15 bits per heavy atom. The number of benzene rings is 1. The van der Waals surface area contributed by atoms with Gasteiger partial charge in [0.15, 0.2) is 11.6 Å². The van der Waals surface area contributed by atoms with Crippen molar-refractivity contribution in [3.8, 4) is 0 Å². The molecule has 3 unspecified atom stereocenters. The summed E-state index contributed by atoms with van der Waals surface area (Å²) in [6.45, 7) is 1.86. The van der Waals surface area contributed by atoms with E-state index in [4.69, 9.17) is 15.2 Å². The molecule has 1 aromatic rings. The Hall–Kier alpha value is -1.04. The summed E-state index contributed by atoms with van der Waals surface area (Å²) in [6, 6.07) is 3.67. The lowest BCUT2D eigenvalue weighted by molar-refractivity contribution is -0.101. The lowest BCUT2D eigenvalue weighted by Gasteiger charge is -2.39. The van der Waals surface area contributed by atoms with Crippen molar-refractivity contribution >= 4 is 0 Å². The molecule has 2 N–H and O–H groups in total. The minimum absolute atomic E-state index is 0.0850. The van der Waals surface area contributed by atoms with E-state index in [0.29, 0.717) is 19.8 Å². The van der Waals surface area contributed by atoms with Crippen molar-refractivity contribution in [1.82, 2.24) is 0 Å². The third-order valence-corrected chi connectivity index (χ3v) is 4.45. The van der Waals surface area contributed by atoms with Crippen LogP contribution in [0.15, 0.2) is 18.2 Å². The van der Waals surface area contributed by atoms with Crippen LogP contribution >= 0.6 is 0 Å². The average molecular weight is 283 g/mol. The van der Waals surface area contributed by atoms with Crippen molar-refractivity contribution in [2.75, 3.05) is 19.8 Å². The highest BCUT2D eigenvalue weighted by molar-refractivity contribution is 5.23. The van der Waals surface area contributed by atoms with Crippen molar-refractivity contribution < 1.29 is 18.3 Å². The first-order chi connectivity index (χ1) is 9.61. The van der Waals surface area contributed by atoms with Crippen LogP contribution in [0.2, 0.25) is 0 Å². The molecule has 1 spiro atoms. The van der Waals surface area contributed by atoms with Crippen molar-refractivity contribution in [2.45, 2.75) is 30.9 Å². The molecule has 0 saturated carbocycles. The van der Waals surface area contributed by atoms with Gasteiger partial charge in [-0.3, -0.25) is 0 Å². The molecular weight excluding hydrogens is 264 g/mol. The van der Waals surface area contributed by atoms with E-state index < -0.39 is 17.7 Å². The molecule has 0 radical (unpaired) electrons. The molecule has 110 valence electrons. The molecule has 2 aliphatic rings. The highest BCUT2D eigenvalue weighted by Gasteiger charge is 2.43. The van der Waals surface area contributed by atoms with Crippen LogP contribution in [0.1, 0.15) is 30.9 Å². The molecule has 5 heteroatoms. The molecule has 2 heterocycles. The Balaban J connectivity index is 1.79. The summed E-state index contributed by atoms with van der Waals surface area (Å²) < 4.78 is 38.5. The fourth-order valence-corrected chi connectivity index (χ4v) is 3.27. The van der Waals surface area contributed by atoms with Crippen LogP contribution in [0.25, 0.3) is 0 Å². The van der Waals surface area contributed by atoms with Gasteiger partial charge in [-0.05, 0) is 24.8 Å². The summed E-state index contributed by atoms with van der Waals surface area (Å²) in [5.41, 5.74) is 6.17. The molecule has 3 nitrogen and oxygen atoms in total. The molecule has 0 bridgehead atoms. The van der Waals surface area contributed by atoms with Gasteiger partial charge in [0.25, 0.3) is 0 Å². The van der Waals surface area contributed by atoms with Crippen LogP contribution in [0.4, 0.5) is 8.78 Å². The predicted octanol–water partition coefficient (Wildman–Crippen LogP) is 2.55. The molecule has 20 heavy (non-hydrogen) atoms. The van der Waals surface area contributed by atoms with E-state index in [2.05, 4.69) is 0 Å². The summed E-state index contributed by atoms with van der Waals surface area (Å²) in [5.74, 6) is -1.59. The number of halogens is 2. The zero-order valence-corrected chi connectivity index (χ0v) is 11.3. The lowest BCUT2D eigenvalue weighted by atomic mass is 9.79. The summed E-state index contributed by atoms with van der Waals surface area (Å²) in [5, 5.41) is 0. The van der Waals surface area contributed by atoms with Gasteiger partial charge in [0.2, 0.25) is 0 Å². The van der Waals surface area contributed by atoms with Crippen LogP contribution < -0.4 is 5.73 Å². The Kier molecular flexibility index (Phi) is 3.75. The quantitative estimate of drug-likeness (QED) is 0.907. The van der Waals surface area contributed by atoms with E-state index in [1.165, 1.54) is 6.07 Å². The second kappa shape index (κ2) is 5.39. The molecular formula is C15H19F2NO2. The zero-order chi connectivity index (χ0) is 14.2. The molecule has 3 rings (SSSR count). The van der Waals surface area contributed by atoms with Crippen LogP contribution in [-0.4, -0.2) is 25.4 Å². The maximum absolute atomic E-state index is 13.9. The van der Waals surface area contributed by atoms with Crippen LogP contribution in [0.5, 0.6) is 0 Å². The minimum atomic E-state index is -0.844. The number of hydrogen-bond donors (Lipinski definition) is 1. The van der Waals surface area contributed by atoms with Gasteiger partial charge in [-0.1, -0.05) is 12.1 Å². The predicted molar refractivity (Wildman–Crippen MR) is 70.1 cm³/mol. The van der Waals surface area contributed by atoms with Crippen molar-refractivity contribution in [2.24, 2.45) is 11.7 Å². The van der Waals surface area contributed by atoms with Gasteiger partial charge in [0, 0.05) is 31.2 Å². The first-order valence-electron chi connectivity index (χ1n) is 7.02. The molecule has 1 aromatic carbocycles. The molecule has 3 atom stereocenters. The monoisotopic (exact) mass is 283 g/mol. The standard InChI is InChI=1S/C15H19F2NO2/c16-12-3-1-2-11(13(12)17)14(18)10-4-6-20-15(8-10)5-7-19-9-15/h1-3,10,14H,4-9,18H2. The molecule has 2 saturated heterocycles. The fraction of sp³-hybridized carbons (Fsp3) is 0.600. The maximum Gasteiger partial charge on any atom is 0.163 e. The first kappa shape index (κ1) is 13.9. The maximum atomic E-state index is 13.9. The van der Waals surface area contributed by atoms with Gasteiger partial charge < -0.3 is 15.2 Å². The molecule has 0 aliphatic carbocycles. The van der Waals surface area contributed by atoms with E-state index >= 15 is 0 Å². The topological polar surface area (TPSA) is 44.5 Å². The molecule has 2 aliphatic heterocycles. The van der Waals surface area contributed by atoms with Gasteiger partial charge >= 0.3 is 0 Å². The van der Waals surface area contributed by atoms with Gasteiger partial charge in [-0.2, -0.15) is 0 Å². The second-order valence-electron chi connectivity index (χ2n) is 5.76. The lowest BCUT2D eigenvalue weighted by Crippen LogP contribution is -2.43. The average Bonchev–Trinajstić information content (AvgIpc) is 2.89. The van der Waals surface area contributed by atoms with Gasteiger partial charge in [-0.15, -0.1) is 0 Å². The fourth-order valence-electron chi connectivity index (χ4n) is 3.27. The number of rotatable bonds is 2. The van der Waals surface area contributed by atoms with E-state index in [0.717, 1.165) is 25.3 Å². The van der Waals surface area contributed by atoms with E-state index in [1.807, 2.05) is 0 Å². The second-order valence-corrected chi connectivity index (χ2v) is 5.76. The Morgan fingerprint density at radius 3 is 2.90 bits per heavy atom. The normalized spacial score (nSPS) is 31.6. The molecule has 0 aromatic heterocycles. The third-order valence-electron chi connectivity index (χ3n) is 4.45. The molecule has 2 fully saturated rings. The minimum Gasteiger partial charge on any atom is -0.378 e. The van der Waals surface area contributed by atoms with E-state index in [9.17, 15) is 8.78 Å². The zero-order valence-electron chi connectivity index (χ0n) is 11.3. The van der Waals surface area contributed by atoms with Crippen LogP contribution in [0, 0.1) is 17.6 Å². The number of ether oxygens (including phenoxy) is 2. The van der Waals surface area contributed by atoms with Gasteiger partial charge in [0.05, 0.1) is 12.2 Å². The summed E-state index contributed by atoms with van der Waals surface area (Å²) in [6.07, 6.45) is 2.35. The summed E-state index contributed by atoms with van der Waals surface area (Å²) >= 11 is 0. The first-order valence-corrected chi connectivity index (χ1v) is 7.02. The summed E-state index contributed by atoms with van der Waals surface area (Å²) in [4.78, 5) is 0.